The van der Waals surface area contributed by atoms with Gasteiger partial charge in [0.15, 0.2) is 5.82 Å². The van der Waals surface area contributed by atoms with E-state index >= 15 is 0 Å². The van der Waals surface area contributed by atoms with Gasteiger partial charge in [-0.05, 0) is 71.3 Å². The minimum atomic E-state index is 0.0806. The molecule has 2 aromatic heterocycles. The lowest BCUT2D eigenvalue weighted by Gasteiger charge is -2.38. The summed E-state index contributed by atoms with van der Waals surface area (Å²) in [7, 11) is 0. The number of halogens is 1. The van der Waals surface area contributed by atoms with Gasteiger partial charge in [-0.15, -0.1) is 21.5 Å². The number of Topliss-reactive ketones (excluding diaryl/α,β-unsaturated/α-hetero) is 1. The van der Waals surface area contributed by atoms with Gasteiger partial charge in [-0.3, -0.25) is 28.8 Å². The van der Waals surface area contributed by atoms with Crippen LogP contribution < -0.4 is 0 Å². The van der Waals surface area contributed by atoms with Gasteiger partial charge < -0.3 is 9.80 Å². The number of carbonyl (C=O) groups excluding carboxylic acids is 3. The molecule has 3 aliphatic rings. The fourth-order valence-electron chi connectivity index (χ4n) is 6.04. The summed E-state index contributed by atoms with van der Waals surface area (Å²) in [5.74, 6) is 2.35. The number of piperazine rings is 1. The summed E-state index contributed by atoms with van der Waals surface area (Å²) in [5, 5.41) is 10.4. The number of hydrogen-bond acceptors (Lipinski definition) is 8. The molecule has 0 radical (unpaired) electrons. The van der Waals surface area contributed by atoms with Gasteiger partial charge in [-0.1, -0.05) is 23.7 Å². The minimum absolute atomic E-state index is 0.0806. The first kappa shape index (κ1) is 32.0. The molecular weight excluding hydrogens is 598 g/mol. The molecule has 2 saturated heterocycles. The second-order valence-electron chi connectivity index (χ2n) is 11.7. The van der Waals surface area contributed by atoms with E-state index in [1.165, 1.54) is 16.0 Å². The molecule has 6 rings (SSSR count). The highest BCUT2D eigenvalue weighted by atomic mass is 35.5. The standard InChI is InChI=1S/C17H15ClN4S.C15H25N3O3/c1-9-10(2)23-17-15(9)16(12-4-6-13(18)7-5-12)19-8-14-21-20-11(3)22(14)17;1-12(19)11-16-5-3-14(4-6-16)15(21)18-9-7-17(8-10-18)13(2)20/h4-7H,8H2,1-3H3;14H,3-11H2,1-2H3. The van der Waals surface area contributed by atoms with E-state index in [0.29, 0.717) is 39.3 Å². The zero-order valence-corrected chi connectivity index (χ0v) is 27.7. The van der Waals surface area contributed by atoms with Crippen LogP contribution in [0.25, 0.3) is 5.00 Å². The summed E-state index contributed by atoms with van der Waals surface area (Å²) in [4.78, 5) is 46.8. The Balaban J connectivity index is 0.000000176. The largest absolute Gasteiger partial charge is 0.339 e. The van der Waals surface area contributed by atoms with Crippen LogP contribution in [0.4, 0.5) is 0 Å². The number of carbonyl (C=O) groups is 3. The summed E-state index contributed by atoms with van der Waals surface area (Å²) in [6.45, 7) is 14.7. The first-order chi connectivity index (χ1) is 21.0. The number of ketones is 1. The number of rotatable bonds is 4. The van der Waals surface area contributed by atoms with Crippen LogP contribution in [0.3, 0.4) is 0 Å². The van der Waals surface area contributed by atoms with Crippen LogP contribution in [0, 0.1) is 26.7 Å². The molecule has 0 spiro atoms. The highest BCUT2D eigenvalue weighted by molar-refractivity contribution is 7.15. The number of fused-ring (bicyclic) bond motifs is 3. The smallest absolute Gasteiger partial charge is 0.225 e. The van der Waals surface area contributed by atoms with E-state index in [-0.39, 0.29) is 23.5 Å². The summed E-state index contributed by atoms with van der Waals surface area (Å²) >= 11 is 7.80. The molecule has 0 N–H and O–H groups in total. The molecule has 0 bridgehead atoms. The molecule has 12 heteroatoms. The second-order valence-corrected chi connectivity index (χ2v) is 13.4. The molecule has 3 aliphatic heterocycles. The van der Waals surface area contributed by atoms with Crippen molar-refractivity contribution >= 4 is 46.2 Å². The van der Waals surface area contributed by atoms with Crippen LogP contribution in [-0.2, 0) is 20.9 Å². The highest BCUT2D eigenvalue weighted by Crippen LogP contribution is 2.36. The molecule has 0 aliphatic carbocycles. The monoisotopic (exact) mass is 637 g/mol. The van der Waals surface area contributed by atoms with Crippen molar-refractivity contribution in [2.45, 2.75) is 54.0 Å². The third-order valence-electron chi connectivity index (χ3n) is 8.61. The number of aromatic nitrogens is 3. The Morgan fingerprint density at radius 1 is 0.909 bits per heavy atom. The van der Waals surface area contributed by atoms with E-state index in [1.807, 2.05) is 36.1 Å². The van der Waals surface area contributed by atoms with E-state index < -0.39 is 0 Å². The Morgan fingerprint density at radius 3 is 2.16 bits per heavy atom. The third kappa shape index (κ3) is 6.95. The minimum Gasteiger partial charge on any atom is -0.339 e. The number of likely N-dealkylation sites (tertiary alicyclic amines) is 1. The first-order valence-electron chi connectivity index (χ1n) is 15.1. The van der Waals surface area contributed by atoms with E-state index in [0.717, 1.165) is 58.9 Å². The first-order valence-corrected chi connectivity index (χ1v) is 16.3. The van der Waals surface area contributed by atoms with Gasteiger partial charge in [-0.25, -0.2) is 0 Å². The van der Waals surface area contributed by atoms with Crippen molar-refractivity contribution in [2.75, 3.05) is 45.8 Å². The molecule has 3 aromatic rings. The second kappa shape index (κ2) is 13.7. The van der Waals surface area contributed by atoms with Crippen molar-refractivity contribution in [3.05, 3.63) is 62.5 Å². The topological polar surface area (TPSA) is 104 Å². The molecule has 5 heterocycles. The van der Waals surface area contributed by atoms with Gasteiger partial charge in [0.25, 0.3) is 0 Å². The fourth-order valence-corrected chi connectivity index (χ4v) is 7.39. The van der Waals surface area contributed by atoms with E-state index in [2.05, 4.69) is 33.5 Å². The highest BCUT2D eigenvalue weighted by Gasteiger charge is 2.31. The Labute approximate surface area is 267 Å². The van der Waals surface area contributed by atoms with Crippen LogP contribution >= 0.6 is 22.9 Å². The zero-order valence-electron chi connectivity index (χ0n) is 26.1. The van der Waals surface area contributed by atoms with E-state index in [1.54, 1.807) is 30.1 Å². The van der Waals surface area contributed by atoms with Crippen LogP contribution in [0.15, 0.2) is 29.3 Å². The fraction of sp³-hybridized carbons (Fsp3) is 0.500. The summed E-state index contributed by atoms with van der Waals surface area (Å²) in [6, 6.07) is 7.86. The van der Waals surface area contributed by atoms with Crippen molar-refractivity contribution in [3.63, 3.8) is 0 Å². The van der Waals surface area contributed by atoms with Crippen LogP contribution in [0.2, 0.25) is 5.02 Å². The molecule has 0 unspecified atom stereocenters. The van der Waals surface area contributed by atoms with E-state index in [9.17, 15) is 14.4 Å². The van der Waals surface area contributed by atoms with Gasteiger partial charge >= 0.3 is 0 Å². The summed E-state index contributed by atoms with van der Waals surface area (Å²) < 4.78 is 2.13. The molecule has 2 fully saturated rings. The van der Waals surface area contributed by atoms with Crippen molar-refractivity contribution in [1.29, 1.82) is 0 Å². The zero-order chi connectivity index (χ0) is 31.5. The third-order valence-corrected chi connectivity index (χ3v) is 10.1. The maximum absolute atomic E-state index is 12.5. The van der Waals surface area contributed by atoms with E-state index in [4.69, 9.17) is 16.6 Å². The lowest BCUT2D eigenvalue weighted by atomic mass is 9.95. The van der Waals surface area contributed by atoms with Gasteiger partial charge in [0, 0.05) is 60.0 Å². The van der Waals surface area contributed by atoms with Crippen molar-refractivity contribution in [1.82, 2.24) is 29.5 Å². The molecule has 0 saturated carbocycles. The van der Waals surface area contributed by atoms with Gasteiger partial charge in [0.1, 0.15) is 23.2 Å². The molecular formula is C32H40ClN7O3S. The van der Waals surface area contributed by atoms with Crippen molar-refractivity contribution in [3.8, 4) is 5.00 Å². The molecule has 10 nitrogen and oxygen atoms in total. The maximum Gasteiger partial charge on any atom is 0.225 e. The number of benzene rings is 1. The lowest BCUT2D eigenvalue weighted by Crippen LogP contribution is -2.52. The predicted octanol–water partition coefficient (Wildman–Crippen LogP) is 4.24. The molecule has 1 aromatic carbocycles. The van der Waals surface area contributed by atoms with Crippen LogP contribution in [0.1, 0.15) is 59.9 Å². The van der Waals surface area contributed by atoms with Crippen molar-refractivity contribution in [2.24, 2.45) is 10.9 Å². The number of amides is 2. The average molecular weight is 638 g/mol. The molecule has 2 amide bonds. The maximum atomic E-state index is 12.5. The molecule has 234 valence electrons. The Kier molecular flexibility index (Phi) is 9.97. The Hall–Kier alpha value is -3.41. The van der Waals surface area contributed by atoms with Gasteiger partial charge in [0.05, 0.1) is 12.3 Å². The normalized spacial score (nSPS) is 17.2. The Bertz CT molecular complexity index is 1560. The number of thiophene rings is 1. The molecule has 44 heavy (non-hydrogen) atoms. The van der Waals surface area contributed by atoms with Crippen LogP contribution in [0.5, 0.6) is 0 Å². The number of hydrogen-bond donors (Lipinski definition) is 0. The number of piperidine rings is 1. The summed E-state index contributed by atoms with van der Waals surface area (Å²) in [6.07, 6.45) is 1.66. The SMILES string of the molecule is CC(=O)CN1CCC(C(=O)N2CCN(C(C)=O)CC2)CC1.Cc1sc2c(c1C)C(c1ccc(Cl)cc1)=NCc1nnc(C)n1-2. The van der Waals surface area contributed by atoms with Crippen molar-refractivity contribution < 1.29 is 14.4 Å². The van der Waals surface area contributed by atoms with Gasteiger partial charge in [-0.2, -0.15) is 0 Å². The van der Waals surface area contributed by atoms with Gasteiger partial charge in [0.2, 0.25) is 11.8 Å². The average Bonchev–Trinajstić information content (AvgIpc) is 3.45. The Morgan fingerprint density at radius 2 is 1.55 bits per heavy atom. The van der Waals surface area contributed by atoms with Crippen LogP contribution in [-0.4, -0.2) is 98.6 Å². The number of aliphatic imine (C=N–C) groups is 1. The number of aryl methyl sites for hydroxylation is 2. The number of nitrogens with zero attached hydrogens (tertiary/aromatic N) is 7. The lowest BCUT2D eigenvalue weighted by molar-refractivity contribution is -0.142. The predicted molar refractivity (Wildman–Crippen MR) is 173 cm³/mol. The summed E-state index contributed by atoms with van der Waals surface area (Å²) in [5.41, 5.74) is 4.52. The molecule has 0 atom stereocenters. The quantitative estimate of drug-likeness (QED) is 0.424.